The maximum absolute atomic E-state index is 12.6. The summed E-state index contributed by atoms with van der Waals surface area (Å²) in [6.45, 7) is 0. The van der Waals surface area contributed by atoms with E-state index in [1.54, 1.807) is 24.3 Å². The zero-order valence-electron chi connectivity index (χ0n) is 12.6. The predicted molar refractivity (Wildman–Crippen MR) is 90.9 cm³/mol. The number of ether oxygens (including phenoxy) is 1. The summed E-state index contributed by atoms with van der Waals surface area (Å²) in [5.74, 6) is -0.791. The number of anilines is 1. The summed E-state index contributed by atoms with van der Waals surface area (Å²) >= 11 is 12.0. The number of benzene rings is 2. The van der Waals surface area contributed by atoms with E-state index in [9.17, 15) is 14.7 Å². The van der Waals surface area contributed by atoms with Gasteiger partial charge >= 0.3 is 0 Å². The summed E-state index contributed by atoms with van der Waals surface area (Å²) in [4.78, 5) is 24.9. The Labute approximate surface area is 148 Å². The number of amides is 1. The number of hydrogen-bond acceptors (Lipinski definition) is 4. The lowest BCUT2D eigenvalue weighted by Crippen LogP contribution is -2.36. The van der Waals surface area contributed by atoms with Gasteiger partial charge in [0.2, 0.25) is 0 Å². The van der Waals surface area contributed by atoms with E-state index in [0.717, 1.165) is 0 Å². The number of aliphatic hydroxyl groups is 1. The number of fused-ring (bicyclic) bond motifs is 1. The number of carbonyl (C=O) groups excluding carboxylic acids is 2. The van der Waals surface area contributed by atoms with Gasteiger partial charge in [-0.25, -0.2) is 0 Å². The Morgan fingerprint density at radius 3 is 2.71 bits per heavy atom. The van der Waals surface area contributed by atoms with Crippen molar-refractivity contribution in [2.75, 3.05) is 12.4 Å². The molecule has 0 aliphatic carbocycles. The van der Waals surface area contributed by atoms with Gasteiger partial charge in [0, 0.05) is 10.6 Å². The number of Topliss-reactive ketones (excluding diaryl/α,β-unsaturated/α-hetero) is 1. The number of hydrogen-bond donors (Lipinski definition) is 2. The first-order chi connectivity index (χ1) is 11.4. The van der Waals surface area contributed by atoms with Crippen molar-refractivity contribution in [2.45, 2.75) is 12.0 Å². The molecule has 2 aromatic carbocycles. The van der Waals surface area contributed by atoms with Crippen molar-refractivity contribution < 1.29 is 19.4 Å². The van der Waals surface area contributed by atoms with Crippen LogP contribution in [0.4, 0.5) is 5.69 Å². The number of para-hydroxylation sites is 1. The monoisotopic (exact) mass is 365 g/mol. The molecule has 0 spiro atoms. The Kier molecular flexibility index (Phi) is 4.25. The molecule has 1 unspecified atom stereocenters. The highest BCUT2D eigenvalue weighted by Gasteiger charge is 2.48. The second kappa shape index (κ2) is 6.09. The summed E-state index contributed by atoms with van der Waals surface area (Å²) in [5, 5.41) is 13.8. The lowest BCUT2D eigenvalue weighted by atomic mass is 9.88. The van der Waals surface area contributed by atoms with Crippen LogP contribution in [0, 0.1) is 0 Å². The van der Waals surface area contributed by atoms with Gasteiger partial charge in [0.05, 0.1) is 29.8 Å². The number of nitrogens with one attached hydrogen (secondary N) is 1. The average Bonchev–Trinajstić information content (AvgIpc) is 2.77. The van der Waals surface area contributed by atoms with Crippen LogP contribution in [-0.4, -0.2) is 23.9 Å². The normalized spacial score (nSPS) is 18.9. The van der Waals surface area contributed by atoms with E-state index in [1.807, 2.05) is 0 Å². The topological polar surface area (TPSA) is 75.6 Å². The van der Waals surface area contributed by atoms with Gasteiger partial charge in [0.25, 0.3) is 5.91 Å². The van der Waals surface area contributed by atoms with E-state index in [2.05, 4.69) is 5.32 Å². The third-order valence-corrected chi connectivity index (χ3v) is 4.43. The molecule has 0 radical (unpaired) electrons. The molecule has 1 aliphatic rings. The van der Waals surface area contributed by atoms with Crippen LogP contribution in [0.15, 0.2) is 36.4 Å². The van der Waals surface area contributed by atoms with Crippen molar-refractivity contribution in [3.05, 3.63) is 57.6 Å². The van der Waals surface area contributed by atoms with E-state index in [1.165, 1.54) is 19.2 Å². The summed E-state index contributed by atoms with van der Waals surface area (Å²) in [5.41, 5.74) is -1.33. The largest absolute Gasteiger partial charge is 0.496 e. The summed E-state index contributed by atoms with van der Waals surface area (Å²) in [6.07, 6.45) is -0.465. The maximum Gasteiger partial charge on any atom is 0.261 e. The Morgan fingerprint density at radius 1 is 1.29 bits per heavy atom. The molecule has 1 amide bonds. The van der Waals surface area contributed by atoms with Crippen LogP contribution in [0.25, 0.3) is 0 Å². The first-order valence-corrected chi connectivity index (χ1v) is 7.82. The van der Waals surface area contributed by atoms with E-state index < -0.39 is 23.7 Å². The van der Waals surface area contributed by atoms with E-state index in [4.69, 9.17) is 27.9 Å². The molecule has 124 valence electrons. The molecule has 0 fully saturated rings. The number of carbonyl (C=O) groups is 2. The zero-order valence-corrected chi connectivity index (χ0v) is 14.1. The predicted octanol–water partition coefficient (Wildman–Crippen LogP) is 3.41. The highest BCUT2D eigenvalue weighted by molar-refractivity contribution is 6.36. The number of ketones is 1. The Bertz CT molecular complexity index is 852. The molecule has 24 heavy (non-hydrogen) atoms. The summed E-state index contributed by atoms with van der Waals surface area (Å²) < 4.78 is 5.15. The standard InChI is InChI=1S/C17H13Cl2NO4/c1-24-14-5-3-2-4-10(14)13(21)8-17(23)15-11(19)6-9(18)7-12(15)20-16(17)22/h2-7,23H,8H2,1H3,(H,20,22). The van der Waals surface area contributed by atoms with E-state index in [-0.39, 0.29) is 16.1 Å². The van der Waals surface area contributed by atoms with Crippen molar-refractivity contribution in [1.82, 2.24) is 0 Å². The molecule has 0 saturated heterocycles. The molecule has 0 saturated carbocycles. The van der Waals surface area contributed by atoms with Crippen LogP contribution in [-0.2, 0) is 10.4 Å². The highest BCUT2D eigenvalue weighted by atomic mass is 35.5. The SMILES string of the molecule is COc1ccccc1C(=O)CC1(O)C(=O)Nc2cc(Cl)cc(Cl)c21. The molecule has 0 aromatic heterocycles. The number of halogens is 2. The molecular weight excluding hydrogens is 353 g/mol. The lowest BCUT2D eigenvalue weighted by molar-refractivity contribution is -0.133. The van der Waals surface area contributed by atoms with Gasteiger partial charge in [-0.05, 0) is 24.3 Å². The second-order valence-corrected chi connectivity index (χ2v) is 6.27. The number of rotatable bonds is 4. The molecule has 5 nitrogen and oxygen atoms in total. The Hall–Kier alpha value is -2.08. The van der Waals surface area contributed by atoms with Gasteiger partial charge in [-0.2, -0.15) is 0 Å². The highest BCUT2D eigenvalue weighted by Crippen LogP contribution is 2.45. The van der Waals surface area contributed by atoms with Crippen molar-refractivity contribution >= 4 is 40.6 Å². The molecule has 0 bridgehead atoms. The molecule has 1 aliphatic heterocycles. The summed E-state index contributed by atoms with van der Waals surface area (Å²) in [7, 11) is 1.44. The fourth-order valence-electron chi connectivity index (χ4n) is 2.80. The molecular formula is C17H13Cl2NO4. The van der Waals surface area contributed by atoms with Gasteiger partial charge in [-0.1, -0.05) is 35.3 Å². The van der Waals surface area contributed by atoms with Crippen molar-refractivity contribution in [2.24, 2.45) is 0 Å². The molecule has 3 rings (SSSR count). The fourth-order valence-corrected chi connectivity index (χ4v) is 3.45. The van der Waals surface area contributed by atoms with Crippen LogP contribution in [0.1, 0.15) is 22.3 Å². The lowest BCUT2D eigenvalue weighted by Gasteiger charge is -2.21. The molecule has 2 N–H and O–H groups in total. The maximum atomic E-state index is 12.6. The quantitative estimate of drug-likeness (QED) is 0.814. The minimum atomic E-state index is -2.06. The zero-order chi connectivity index (χ0) is 17.5. The summed E-state index contributed by atoms with van der Waals surface area (Å²) in [6, 6.07) is 9.50. The molecule has 1 atom stereocenters. The third kappa shape index (κ3) is 2.65. The van der Waals surface area contributed by atoms with Crippen LogP contribution >= 0.6 is 23.2 Å². The van der Waals surface area contributed by atoms with Crippen molar-refractivity contribution in [1.29, 1.82) is 0 Å². The van der Waals surface area contributed by atoms with Gasteiger partial charge in [0.15, 0.2) is 11.4 Å². The Morgan fingerprint density at radius 2 is 2.00 bits per heavy atom. The smallest absolute Gasteiger partial charge is 0.261 e. The number of methoxy groups -OCH3 is 1. The minimum absolute atomic E-state index is 0.117. The van der Waals surface area contributed by atoms with Gasteiger partial charge in [-0.15, -0.1) is 0 Å². The van der Waals surface area contributed by atoms with Crippen molar-refractivity contribution in [3.63, 3.8) is 0 Å². The first kappa shape index (κ1) is 16.8. The van der Waals surface area contributed by atoms with E-state index in [0.29, 0.717) is 16.5 Å². The average molecular weight is 366 g/mol. The molecule has 2 aromatic rings. The van der Waals surface area contributed by atoms with Crippen LogP contribution in [0.3, 0.4) is 0 Å². The molecule has 1 heterocycles. The van der Waals surface area contributed by atoms with Crippen LogP contribution in [0.2, 0.25) is 10.0 Å². The first-order valence-electron chi connectivity index (χ1n) is 7.06. The second-order valence-electron chi connectivity index (χ2n) is 5.42. The van der Waals surface area contributed by atoms with Crippen LogP contribution < -0.4 is 10.1 Å². The fraction of sp³-hybridized carbons (Fsp3) is 0.176. The van der Waals surface area contributed by atoms with E-state index >= 15 is 0 Å². The third-order valence-electron chi connectivity index (χ3n) is 3.92. The van der Waals surface area contributed by atoms with Gasteiger partial charge in [0.1, 0.15) is 5.75 Å². The molecule has 7 heteroatoms. The van der Waals surface area contributed by atoms with Crippen molar-refractivity contribution in [3.8, 4) is 5.75 Å². The Balaban J connectivity index is 2.01. The van der Waals surface area contributed by atoms with Gasteiger partial charge < -0.3 is 15.2 Å². The minimum Gasteiger partial charge on any atom is -0.496 e. The van der Waals surface area contributed by atoms with Crippen LogP contribution in [0.5, 0.6) is 5.75 Å². The van der Waals surface area contributed by atoms with Gasteiger partial charge in [-0.3, -0.25) is 9.59 Å².